The lowest BCUT2D eigenvalue weighted by molar-refractivity contribution is 0.102. The molecule has 0 saturated carbocycles. The molecule has 166 valence electrons. The first-order valence-corrected chi connectivity index (χ1v) is 10.3. The summed E-state index contributed by atoms with van der Waals surface area (Å²) in [6, 6.07) is 21.5. The molecular formula is C25H21FN4O3. The molecule has 0 radical (unpaired) electrons. The summed E-state index contributed by atoms with van der Waals surface area (Å²) in [6.07, 6.45) is 1.36. The largest absolute Gasteiger partial charge is 0.494 e. The van der Waals surface area contributed by atoms with Crippen LogP contribution in [0.25, 0.3) is 5.69 Å². The summed E-state index contributed by atoms with van der Waals surface area (Å²) >= 11 is 0. The van der Waals surface area contributed by atoms with Crippen molar-refractivity contribution in [3.05, 3.63) is 102 Å². The second-order valence-electron chi connectivity index (χ2n) is 7.00. The Balaban J connectivity index is 1.66. The molecule has 0 aliphatic rings. The van der Waals surface area contributed by atoms with Crippen molar-refractivity contribution in [1.29, 1.82) is 0 Å². The number of nitrogens with zero attached hydrogens (tertiary/aromatic N) is 2. The summed E-state index contributed by atoms with van der Waals surface area (Å²) in [6.45, 7) is 2.42. The van der Waals surface area contributed by atoms with Gasteiger partial charge in [0.05, 0.1) is 24.1 Å². The van der Waals surface area contributed by atoms with Gasteiger partial charge in [-0.05, 0) is 55.5 Å². The van der Waals surface area contributed by atoms with Gasteiger partial charge in [-0.15, -0.1) is 0 Å². The average Bonchev–Trinajstić information content (AvgIpc) is 3.25. The van der Waals surface area contributed by atoms with Gasteiger partial charge in [0.1, 0.15) is 22.9 Å². The monoisotopic (exact) mass is 444 g/mol. The Hall–Kier alpha value is -4.46. The van der Waals surface area contributed by atoms with Gasteiger partial charge in [-0.25, -0.2) is 9.07 Å². The van der Waals surface area contributed by atoms with Crippen molar-refractivity contribution in [2.75, 3.05) is 17.2 Å². The van der Waals surface area contributed by atoms with Crippen LogP contribution in [0.1, 0.15) is 27.6 Å². The summed E-state index contributed by atoms with van der Waals surface area (Å²) in [5.74, 6) is -1.03. The van der Waals surface area contributed by atoms with Gasteiger partial charge < -0.3 is 15.4 Å². The van der Waals surface area contributed by atoms with Crippen LogP contribution in [0, 0.1) is 5.82 Å². The molecule has 0 saturated heterocycles. The van der Waals surface area contributed by atoms with Gasteiger partial charge in [0, 0.05) is 5.69 Å². The van der Waals surface area contributed by atoms with E-state index in [1.54, 1.807) is 54.6 Å². The molecule has 2 amide bonds. The zero-order valence-corrected chi connectivity index (χ0v) is 17.8. The van der Waals surface area contributed by atoms with Crippen LogP contribution in [-0.2, 0) is 0 Å². The number of carbonyl (C=O) groups is 2. The van der Waals surface area contributed by atoms with E-state index in [1.165, 1.54) is 29.1 Å². The van der Waals surface area contributed by atoms with Crippen LogP contribution in [0.15, 0.2) is 85.1 Å². The summed E-state index contributed by atoms with van der Waals surface area (Å²) in [4.78, 5) is 25.9. The smallest absolute Gasteiger partial charge is 0.261 e. The highest BCUT2D eigenvalue weighted by molar-refractivity contribution is 6.12. The molecule has 4 aromatic rings. The third kappa shape index (κ3) is 4.90. The number of hydrogen-bond donors (Lipinski definition) is 2. The third-order valence-corrected chi connectivity index (χ3v) is 4.79. The van der Waals surface area contributed by atoms with Crippen molar-refractivity contribution in [2.45, 2.75) is 6.92 Å². The van der Waals surface area contributed by atoms with Crippen LogP contribution in [0.4, 0.5) is 15.9 Å². The highest BCUT2D eigenvalue weighted by Crippen LogP contribution is 2.24. The average molecular weight is 444 g/mol. The molecule has 8 heteroatoms. The van der Waals surface area contributed by atoms with Crippen molar-refractivity contribution < 1.29 is 18.7 Å². The Morgan fingerprint density at radius 1 is 0.879 bits per heavy atom. The van der Waals surface area contributed by atoms with E-state index in [9.17, 15) is 14.0 Å². The fourth-order valence-corrected chi connectivity index (χ4v) is 3.22. The zero-order chi connectivity index (χ0) is 23.2. The Morgan fingerprint density at radius 2 is 1.55 bits per heavy atom. The van der Waals surface area contributed by atoms with Crippen molar-refractivity contribution >= 4 is 23.3 Å². The summed E-state index contributed by atoms with van der Waals surface area (Å²) < 4.78 is 21.0. The normalized spacial score (nSPS) is 10.5. The molecule has 7 nitrogen and oxygen atoms in total. The topological polar surface area (TPSA) is 85.2 Å². The van der Waals surface area contributed by atoms with Crippen LogP contribution in [0.2, 0.25) is 0 Å². The number of anilines is 2. The van der Waals surface area contributed by atoms with Crippen LogP contribution in [0.3, 0.4) is 0 Å². The molecule has 0 fully saturated rings. The number of nitrogens with one attached hydrogen (secondary N) is 2. The van der Waals surface area contributed by atoms with Crippen molar-refractivity contribution in [3.8, 4) is 11.4 Å². The van der Waals surface area contributed by atoms with Gasteiger partial charge in [0.25, 0.3) is 11.8 Å². The van der Waals surface area contributed by atoms with Crippen molar-refractivity contribution in [3.63, 3.8) is 0 Å². The number of rotatable bonds is 7. The number of halogens is 1. The lowest BCUT2D eigenvalue weighted by Crippen LogP contribution is -2.20. The molecule has 0 spiro atoms. The number of para-hydroxylation sites is 1. The Labute approximate surface area is 189 Å². The third-order valence-electron chi connectivity index (χ3n) is 4.79. The molecule has 4 rings (SSSR count). The number of ether oxygens (including phenoxy) is 1. The second-order valence-corrected chi connectivity index (χ2v) is 7.00. The fraction of sp³-hybridized carbons (Fsp3) is 0.0800. The molecule has 0 atom stereocenters. The summed E-state index contributed by atoms with van der Waals surface area (Å²) in [5, 5.41) is 9.72. The molecule has 0 bridgehead atoms. The van der Waals surface area contributed by atoms with Gasteiger partial charge in [-0.3, -0.25) is 9.59 Å². The minimum Gasteiger partial charge on any atom is -0.494 e. The van der Waals surface area contributed by atoms with E-state index < -0.39 is 17.6 Å². The number of hydrogen-bond acceptors (Lipinski definition) is 4. The molecule has 0 aliphatic heterocycles. The van der Waals surface area contributed by atoms with Gasteiger partial charge in [0.15, 0.2) is 0 Å². The predicted octanol–water partition coefficient (Wildman–Crippen LogP) is 4.91. The van der Waals surface area contributed by atoms with Crippen molar-refractivity contribution in [2.24, 2.45) is 0 Å². The maximum Gasteiger partial charge on any atom is 0.261 e. The molecule has 0 aliphatic carbocycles. The number of benzene rings is 3. The first kappa shape index (κ1) is 21.8. The SMILES string of the molecule is CCOc1ccc(NC(=O)c2cnn(-c3ccccc3)c2NC(=O)c2ccccc2F)cc1. The second kappa shape index (κ2) is 9.78. The first-order chi connectivity index (χ1) is 16.1. The summed E-state index contributed by atoms with van der Waals surface area (Å²) in [5.41, 5.74) is 1.15. The minimum atomic E-state index is -0.694. The lowest BCUT2D eigenvalue weighted by Gasteiger charge is -2.12. The van der Waals surface area contributed by atoms with Crippen LogP contribution in [0.5, 0.6) is 5.75 Å². The maximum absolute atomic E-state index is 14.2. The Kier molecular flexibility index (Phi) is 6.45. The maximum atomic E-state index is 14.2. The fourth-order valence-electron chi connectivity index (χ4n) is 3.22. The van der Waals surface area contributed by atoms with E-state index in [2.05, 4.69) is 15.7 Å². The van der Waals surface area contributed by atoms with E-state index >= 15 is 0 Å². The van der Waals surface area contributed by atoms with E-state index in [0.29, 0.717) is 23.7 Å². The summed E-state index contributed by atoms with van der Waals surface area (Å²) in [7, 11) is 0. The van der Waals surface area contributed by atoms with E-state index in [0.717, 1.165) is 0 Å². The number of carbonyl (C=O) groups excluding carboxylic acids is 2. The molecule has 0 unspecified atom stereocenters. The highest BCUT2D eigenvalue weighted by Gasteiger charge is 2.22. The predicted molar refractivity (Wildman–Crippen MR) is 123 cm³/mol. The molecule has 33 heavy (non-hydrogen) atoms. The van der Waals surface area contributed by atoms with Crippen molar-refractivity contribution in [1.82, 2.24) is 9.78 Å². The Bertz CT molecular complexity index is 1270. The molecule has 1 aromatic heterocycles. The number of amides is 2. The molecule has 2 N–H and O–H groups in total. The van der Waals surface area contributed by atoms with E-state index in [1.807, 2.05) is 13.0 Å². The molecule has 3 aromatic carbocycles. The highest BCUT2D eigenvalue weighted by atomic mass is 19.1. The zero-order valence-electron chi connectivity index (χ0n) is 17.8. The van der Waals surface area contributed by atoms with Gasteiger partial charge in [0.2, 0.25) is 0 Å². The standard InChI is InChI=1S/C25H21FN4O3/c1-2-33-19-14-12-17(13-15-19)28-25(32)21-16-27-30(18-8-4-3-5-9-18)23(21)29-24(31)20-10-6-7-11-22(20)26/h3-16H,2H2,1H3,(H,28,32)(H,29,31). The van der Waals surface area contributed by atoms with E-state index in [-0.39, 0.29) is 16.9 Å². The van der Waals surface area contributed by atoms with Gasteiger partial charge in [-0.1, -0.05) is 30.3 Å². The first-order valence-electron chi connectivity index (χ1n) is 10.3. The van der Waals surface area contributed by atoms with Crippen LogP contribution < -0.4 is 15.4 Å². The van der Waals surface area contributed by atoms with E-state index in [4.69, 9.17) is 4.74 Å². The van der Waals surface area contributed by atoms with Gasteiger partial charge >= 0.3 is 0 Å². The quantitative estimate of drug-likeness (QED) is 0.424. The Morgan fingerprint density at radius 3 is 2.24 bits per heavy atom. The van der Waals surface area contributed by atoms with Gasteiger partial charge in [-0.2, -0.15) is 5.10 Å². The minimum absolute atomic E-state index is 0.123. The van der Waals surface area contributed by atoms with Crippen LogP contribution in [-0.4, -0.2) is 28.2 Å². The van der Waals surface area contributed by atoms with Crippen LogP contribution >= 0.6 is 0 Å². The number of aromatic nitrogens is 2. The molecule has 1 heterocycles. The lowest BCUT2D eigenvalue weighted by atomic mass is 10.2. The molecular weight excluding hydrogens is 423 g/mol.